The molecular weight excluding hydrogens is 193 g/mol. The molecule has 2 aliphatic heterocycles. The molecule has 0 aromatic heterocycles. The van der Waals surface area contributed by atoms with Crippen LogP contribution in [0.1, 0.15) is 6.92 Å². The molecule has 0 bridgehead atoms. The lowest BCUT2D eigenvalue weighted by Gasteiger charge is -2.18. The Kier molecular flexibility index (Phi) is 1.99. The van der Waals surface area contributed by atoms with Crippen molar-refractivity contribution >= 4 is 5.84 Å². The summed E-state index contributed by atoms with van der Waals surface area (Å²) in [4.78, 5) is 3.91. The van der Waals surface area contributed by atoms with E-state index in [1.165, 1.54) is 6.08 Å². The van der Waals surface area contributed by atoms with Crippen LogP contribution < -0.4 is 5.32 Å². The molecule has 0 aromatic rings. The van der Waals surface area contributed by atoms with Crippen molar-refractivity contribution in [3.63, 3.8) is 0 Å². The Morgan fingerprint density at radius 1 is 1.50 bits per heavy atom. The second kappa shape index (κ2) is 2.95. The lowest BCUT2D eigenvalue weighted by atomic mass is 9.99. The zero-order valence-electron chi connectivity index (χ0n) is 7.60. The van der Waals surface area contributed by atoms with Crippen LogP contribution in [-0.4, -0.2) is 18.6 Å². The third-order valence-electron chi connectivity index (χ3n) is 2.44. The van der Waals surface area contributed by atoms with Crippen molar-refractivity contribution in [3.8, 4) is 0 Å². The maximum absolute atomic E-state index is 12.4. The van der Waals surface area contributed by atoms with Crippen LogP contribution in [0.5, 0.6) is 0 Å². The fourth-order valence-corrected chi connectivity index (χ4v) is 1.59. The van der Waals surface area contributed by atoms with Gasteiger partial charge in [0.15, 0.2) is 0 Å². The Morgan fingerprint density at radius 3 is 2.86 bits per heavy atom. The van der Waals surface area contributed by atoms with E-state index in [4.69, 9.17) is 0 Å². The molecule has 76 valence electrons. The fraction of sp³-hybridized carbons (Fsp3) is 0.444. The Hall–Kier alpha value is -1.10. The minimum atomic E-state index is -4.18. The number of rotatable bonds is 0. The SMILES string of the molecule is CC1=C[NH2+]C2=NCC(C(F)(F)F)C=C12. The van der Waals surface area contributed by atoms with Gasteiger partial charge in [0.05, 0.1) is 18.0 Å². The highest BCUT2D eigenvalue weighted by Crippen LogP contribution is 2.32. The van der Waals surface area contributed by atoms with Crippen molar-refractivity contribution in [2.24, 2.45) is 10.9 Å². The van der Waals surface area contributed by atoms with Gasteiger partial charge in [-0.25, -0.2) is 4.99 Å². The van der Waals surface area contributed by atoms with Crippen molar-refractivity contribution in [1.82, 2.24) is 0 Å². The molecule has 2 nitrogen and oxygen atoms in total. The topological polar surface area (TPSA) is 29.0 Å². The van der Waals surface area contributed by atoms with Gasteiger partial charge in [0.25, 0.3) is 0 Å². The van der Waals surface area contributed by atoms with Crippen molar-refractivity contribution < 1.29 is 18.5 Å². The van der Waals surface area contributed by atoms with Crippen LogP contribution in [0.4, 0.5) is 13.2 Å². The summed E-state index contributed by atoms with van der Waals surface area (Å²) in [6.45, 7) is 1.61. The quantitative estimate of drug-likeness (QED) is 0.608. The molecule has 5 heteroatoms. The molecule has 2 heterocycles. The number of amidine groups is 1. The summed E-state index contributed by atoms with van der Waals surface area (Å²) in [6, 6.07) is 0. The van der Waals surface area contributed by atoms with Crippen molar-refractivity contribution in [2.75, 3.05) is 6.54 Å². The van der Waals surface area contributed by atoms with E-state index >= 15 is 0 Å². The van der Waals surface area contributed by atoms with Crippen LogP contribution in [0.25, 0.3) is 0 Å². The number of nitrogens with two attached hydrogens (primary N) is 1. The summed E-state index contributed by atoms with van der Waals surface area (Å²) in [5.41, 5.74) is 1.50. The third kappa shape index (κ3) is 1.48. The smallest absolute Gasteiger partial charge is 0.271 e. The number of alkyl halides is 3. The lowest BCUT2D eigenvalue weighted by Crippen LogP contribution is -2.80. The summed E-state index contributed by atoms with van der Waals surface area (Å²) in [6.07, 6.45) is -1.11. The minimum absolute atomic E-state index is 0.181. The monoisotopic (exact) mass is 203 g/mol. The number of dihydropyridines is 1. The molecule has 1 unspecified atom stereocenters. The van der Waals surface area contributed by atoms with Gasteiger partial charge < -0.3 is 0 Å². The standard InChI is InChI=1S/C9H9F3N2/c1-5-3-13-8-7(5)2-6(4-14-8)9(10,11)12/h2-3,6H,4H2,1H3,(H,13,14)/p+1. The number of hydrogen-bond acceptors (Lipinski definition) is 1. The molecule has 1 atom stereocenters. The van der Waals surface area contributed by atoms with Gasteiger partial charge in [-0.3, -0.25) is 5.32 Å². The highest BCUT2D eigenvalue weighted by Gasteiger charge is 2.41. The number of nitrogens with zero attached hydrogens (tertiary/aromatic N) is 1. The molecule has 0 amide bonds. The van der Waals surface area contributed by atoms with Crippen molar-refractivity contribution in [3.05, 3.63) is 23.4 Å². The minimum Gasteiger partial charge on any atom is -0.271 e. The molecule has 2 rings (SSSR count). The second-order valence-electron chi connectivity index (χ2n) is 3.47. The van der Waals surface area contributed by atoms with Gasteiger partial charge in [-0.05, 0) is 6.92 Å². The van der Waals surface area contributed by atoms with E-state index in [1.54, 1.807) is 18.4 Å². The fourth-order valence-electron chi connectivity index (χ4n) is 1.59. The molecule has 0 radical (unpaired) electrons. The van der Waals surface area contributed by atoms with E-state index in [1.807, 2.05) is 0 Å². The van der Waals surface area contributed by atoms with Gasteiger partial charge in [-0.15, -0.1) is 0 Å². The van der Waals surface area contributed by atoms with Crippen LogP contribution in [-0.2, 0) is 0 Å². The first kappa shape index (κ1) is 9.45. The van der Waals surface area contributed by atoms with E-state index < -0.39 is 12.1 Å². The summed E-state index contributed by atoms with van der Waals surface area (Å²) < 4.78 is 37.1. The molecule has 0 spiro atoms. The Labute approximate surface area is 79.2 Å². The number of quaternary nitrogens is 1. The van der Waals surface area contributed by atoms with Crippen LogP contribution >= 0.6 is 0 Å². The summed E-state index contributed by atoms with van der Waals surface area (Å²) in [7, 11) is 0. The van der Waals surface area contributed by atoms with Crippen molar-refractivity contribution in [2.45, 2.75) is 13.1 Å². The predicted octanol–water partition coefficient (Wildman–Crippen LogP) is 0.984. The molecule has 0 aliphatic carbocycles. The molecule has 0 saturated carbocycles. The summed E-state index contributed by atoms with van der Waals surface area (Å²) in [5, 5.41) is 1.76. The highest BCUT2D eigenvalue weighted by molar-refractivity contribution is 5.97. The van der Waals surface area contributed by atoms with E-state index in [9.17, 15) is 13.2 Å². The number of halogens is 3. The molecular formula is C9H10F3N2+. The average Bonchev–Trinajstić information content (AvgIpc) is 2.46. The molecule has 2 N–H and O–H groups in total. The lowest BCUT2D eigenvalue weighted by molar-refractivity contribution is -0.457. The van der Waals surface area contributed by atoms with Gasteiger partial charge in [-0.1, -0.05) is 6.08 Å². The van der Waals surface area contributed by atoms with Gasteiger partial charge in [0, 0.05) is 5.57 Å². The van der Waals surface area contributed by atoms with E-state index in [2.05, 4.69) is 4.99 Å². The van der Waals surface area contributed by atoms with Gasteiger partial charge in [0.2, 0.25) is 5.84 Å². The first-order valence-corrected chi connectivity index (χ1v) is 4.34. The number of hydrogen-bond donors (Lipinski definition) is 1. The van der Waals surface area contributed by atoms with Crippen LogP contribution in [0.15, 0.2) is 28.4 Å². The maximum atomic E-state index is 12.4. The third-order valence-corrected chi connectivity index (χ3v) is 2.44. The number of aliphatic imine (C=N–C) groups is 1. The molecule has 0 aromatic carbocycles. The predicted molar refractivity (Wildman–Crippen MR) is 45.6 cm³/mol. The molecule has 2 aliphatic rings. The zero-order chi connectivity index (χ0) is 10.3. The van der Waals surface area contributed by atoms with Crippen LogP contribution in [0.2, 0.25) is 0 Å². The first-order valence-electron chi connectivity index (χ1n) is 4.34. The van der Waals surface area contributed by atoms with Gasteiger partial charge in [-0.2, -0.15) is 13.2 Å². The maximum Gasteiger partial charge on any atom is 0.396 e. The Morgan fingerprint density at radius 2 is 2.21 bits per heavy atom. The highest BCUT2D eigenvalue weighted by atomic mass is 19.4. The van der Waals surface area contributed by atoms with Gasteiger partial charge >= 0.3 is 6.18 Å². The summed E-state index contributed by atoms with van der Waals surface area (Å²) >= 11 is 0. The van der Waals surface area contributed by atoms with E-state index in [-0.39, 0.29) is 6.54 Å². The van der Waals surface area contributed by atoms with Gasteiger partial charge in [0.1, 0.15) is 6.20 Å². The molecule has 14 heavy (non-hydrogen) atoms. The Bertz CT molecular complexity index is 350. The zero-order valence-corrected chi connectivity index (χ0v) is 7.60. The normalized spacial score (nSPS) is 26.6. The Balaban J connectivity index is 2.29. The molecule has 0 saturated heterocycles. The molecule has 0 fully saturated rings. The number of fused-ring (bicyclic) bond motifs is 1. The summed E-state index contributed by atoms with van der Waals surface area (Å²) in [5.74, 6) is -0.737. The van der Waals surface area contributed by atoms with Crippen molar-refractivity contribution in [1.29, 1.82) is 0 Å². The van der Waals surface area contributed by atoms with Crippen LogP contribution in [0, 0.1) is 5.92 Å². The average molecular weight is 203 g/mol. The van der Waals surface area contributed by atoms with E-state index in [0.29, 0.717) is 11.4 Å². The first-order chi connectivity index (χ1) is 6.48. The second-order valence-corrected chi connectivity index (χ2v) is 3.47. The van der Waals surface area contributed by atoms with Crippen LogP contribution in [0.3, 0.4) is 0 Å². The largest absolute Gasteiger partial charge is 0.396 e. The van der Waals surface area contributed by atoms with E-state index in [0.717, 1.165) is 5.57 Å².